The highest BCUT2D eigenvalue weighted by atomic mass is 32.1. The van der Waals surface area contributed by atoms with Gasteiger partial charge in [-0.15, -0.1) is 11.3 Å². The molecule has 0 aliphatic rings. The van der Waals surface area contributed by atoms with Crippen LogP contribution in [0, 0.1) is 0 Å². The molecule has 100 valence electrons. The van der Waals surface area contributed by atoms with E-state index in [1.54, 1.807) is 12.5 Å². The zero-order valence-corrected chi connectivity index (χ0v) is 11.1. The molecule has 0 saturated heterocycles. The van der Waals surface area contributed by atoms with Crippen molar-refractivity contribution in [3.05, 3.63) is 11.1 Å². The minimum Gasteiger partial charge on any atom is -0.383 e. The molecule has 0 aliphatic carbocycles. The third-order valence-corrected chi connectivity index (χ3v) is 2.77. The van der Waals surface area contributed by atoms with Gasteiger partial charge < -0.3 is 20.7 Å². The number of rotatable bonds is 6. The summed E-state index contributed by atoms with van der Waals surface area (Å²) in [6.07, 6.45) is 0. The number of likely N-dealkylation sites (N-methyl/N-ethyl adjacent to an activating group) is 1. The molecule has 3 N–H and O–H groups in total. The van der Waals surface area contributed by atoms with Crippen molar-refractivity contribution in [2.24, 2.45) is 0 Å². The fourth-order valence-corrected chi connectivity index (χ4v) is 1.75. The van der Waals surface area contributed by atoms with E-state index < -0.39 is 0 Å². The van der Waals surface area contributed by atoms with Crippen LogP contribution in [0.3, 0.4) is 0 Å². The lowest BCUT2D eigenvalue weighted by Gasteiger charge is -2.15. The number of hydrogen-bond donors (Lipinski definition) is 2. The first-order chi connectivity index (χ1) is 8.54. The summed E-state index contributed by atoms with van der Waals surface area (Å²) in [5.74, 6) is -0.573. The molecular weight excluding hydrogens is 256 g/mol. The molecule has 1 aromatic rings. The third-order valence-electron chi connectivity index (χ3n) is 2.10. The molecule has 0 unspecified atom stereocenters. The maximum atomic E-state index is 11.8. The number of amides is 2. The molecule has 0 aromatic carbocycles. The normalized spacial score (nSPS) is 10.1. The fraction of sp³-hybridized carbons (Fsp3) is 0.500. The van der Waals surface area contributed by atoms with Gasteiger partial charge in [-0.05, 0) is 0 Å². The largest absolute Gasteiger partial charge is 0.383 e. The van der Waals surface area contributed by atoms with E-state index in [1.807, 2.05) is 0 Å². The highest BCUT2D eigenvalue weighted by molar-refractivity contribution is 7.13. The Morgan fingerprint density at radius 1 is 1.61 bits per heavy atom. The molecule has 7 nitrogen and oxygen atoms in total. The number of aromatic nitrogens is 1. The van der Waals surface area contributed by atoms with Gasteiger partial charge in [0.2, 0.25) is 5.91 Å². The summed E-state index contributed by atoms with van der Waals surface area (Å²) >= 11 is 1.19. The lowest BCUT2D eigenvalue weighted by atomic mass is 10.4. The van der Waals surface area contributed by atoms with E-state index in [9.17, 15) is 9.59 Å². The summed E-state index contributed by atoms with van der Waals surface area (Å²) < 4.78 is 4.80. The first-order valence-corrected chi connectivity index (χ1v) is 6.14. The average Bonchev–Trinajstić information content (AvgIpc) is 2.75. The van der Waals surface area contributed by atoms with E-state index in [0.29, 0.717) is 18.3 Å². The fourth-order valence-electron chi connectivity index (χ4n) is 1.22. The summed E-state index contributed by atoms with van der Waals surface area (Å²) in [7, 11) is 3.09. The number of thiazole rings is 1. The number of carbonyl (C=O) groups is 2. The zero-order chi connectivity index (χ0) is 13.5. The number of anilines is 1. The van der Waals surface area contributed by atoms with Crippen LogP contribution in [0.15, 0.2) is 5.38 Å². The van der Waals surface area contributed by atoms with Crippen LogP contribution in [0.25, 0.3) is 0 Å². The quantitative estimate of drug-likeness (QED) is 0.684. The average molecular weight is 272 g/mol. The van der Waals surface area contributed by atoms with Crippen molar-refractivity contribution in [3.63, 3.8) is 0 Å². The summed E-state index contributed by atoms with van der Waals surface area (Å²) in [6.45, 7) is 0.826. The van der Waals surface area contributed by atoms with E-state index in [4.69, 9.17) is 10.5 Å². The lowest BCUT2D eigenvalue weighted by molar-refractivity contribution is -0.121. The Bertz CT molecular complexity index is 421. The maximum absolute atomic E-state index is 11.8. The van der Waals surface area contributed by atoms with Crippen LogP contribution in [-0.4, -0.2) is 55.6 Å². The molecule has 0 saturated carbocycles. The van der Waals surface area contributed by atoms with Gasteiger partial charge in [0.1, 0.15) is 5.69 Å². The van der Waals surface area contributed by atoms with Gasteiger partial charge in [0, 0.05) is 26.1 Å². The Balaban J connectivity index is 2.42. The highest BCUT2D eigenvalue weighted by Gasteiger charge is 2.17. The standard InChI is InChI=1S/C10H16N4O3S/c1-14(5-8(15)12-3-4-17-2)9(16)7-6-18-10(11)13-7/h6H,3-5H2,1-2H3,(H2,11,13)(H,12,15). The smallest absolute Gasteiger partial charge is 0.273 e. The molecule has 0 radical (unpaired) electrons. The van der Waals surface area contributed by atoms with Crippen molar-refractivity contribution in [2.75, 3.05) is 39.6 Å². The Hall–Kier alpha value is -1.67. The number of nitrogens with one attached hydrogen (secondary N) is 1. The van der Waals surface area contributed by atoms with Gasteiger partial charge in [-0.2, -0.15) is 0 Å². The lowest BCUT2D eigenvalue weighted by Crippen LogP contribution is -2.39. The third kappa shape index (κ3) is 4.30. The van der Waals surface area contributed by atoms with Crippen molar-refractivity contribution >= 4 is 28.3 Å². The summed E-state index contributed by atoms with van der Waals surface area (Å²) in [4.78, 5) is 28.5. The van der Waals surface area contributed by atoms with E-state index in [-0.39, 0.29) is 24.1 Å². The van der Waals surface area contributed by atoms with Crippen LogP contribution in [0.5, 0.6) is 0 Å². The zero-order valence-electron chi connectivity index (χ0n) is 10.3. The van der Waals surface area contributed by atoms with Gasteiger partial charge in [0.05, 0.1) is 13.2 Å². The van der Waals surface area contributed by atoms with Gasteiger partial charge in [0.25, 0.3) is 5.91 Å². The Morgan fingerprint density at radius 3 is 2.89 bits per heavy atom. The van der Waals surface area contributed by atoms with Crippen LogP contribution >= 0.6 is 11.3 Å². The molecule has 1 rings (SSSR count). The predicted octanol–water partition coefficient (Wildman–Crippen LogP) is -0.440. The molecule has 2 amide bonds. The predicted molar refractivity (Wildman–Crippen MR) is 68.4 cm³/mol. The SMILES string of the molecule is COCCNC(=O)CN(C)C(=O)c1csc(N)n1. The molecule has 0 fully saturated rings. The molecule has 0 aliphatic heterocycles. The Kier molecular flexibility index (Phi) is 5.53. The molecular formula is C10H16N4O3S. The van der Waals surface area contributed by atoms with Crippen molar-refractivity contribution in [1.82, 2.24) is 15.2 Å². The second kappa shape index (κ2) is 6.92. The van der Waals surface area contributed by atoms with Crippen LogP contribution in [0.4, 0.5) is 5.13 Å². The second-order valence-corrected chi connectivity index (χ2v) is 4.46. The maximum Gasteiger partial charge on any atom is 0.273 e. The summed E-state index contributed by atoms with van der Waals surface area (Å²) in [5.41, 5.74) is 5.70. The van der Waals surface area contributed by atoms with Crippen LogP contribution in [0.1, 0.15) is 10.5 Å². The van der Waals surface area contributed by atoms with Crippen molar-refractivity contribution in [2.45, 2.75) is 0 Å². The van der Waals surface area contributed by atoms with Crippen LogP contribution in [0.2, 0.25) is 0 Å². The topological polar surface area (TPSA) is 97.5 Å². The molecule has 0 bridgehead atoms. The summed E-state index contributed by atoms with van der Waals surface area (Å²) in [6, 6.07) is 0. The number of nitrogens with zero attached hydrogens (tertiary/aromatic N) is 2. The van der Waals surface area contributed by atoms with E-state index in [1.165, 1.54) is 23.3 Å². The van der Waals surface area contributed by atoms with Gasteiger partial charge >= 0.3 is 0 Å². The van der Waals surface area contributed by atoms with Crippen molar-refractivity contribution in [3.8, 4) is 0 Å². The minimum absolute atomic E-state index is 0.0278. The monoisotopic (exact) mass is 272 g/mol. The first kappa shape index (κ1) is 14.4. The number of nitrogens with two attached hydrogens (primary N) is 1. The number of ether oxygens (including phenoxy) is 1. The van der Waals surface area contributed by atoms with Gasteiger partial charge in [-0.1, -0.05) is 0 Å². The second-order valence-electron chi connectivity index (χ2n) is 3.57. The van der Waals surface area contributed by atoms with E-state index in [2.05, 4.69) is 10.3 Å². The van der Waals surface area contributed by atoms with Gasteiger partial charge in [-0.25, -0.2) is 4.98 Å². The Morgan fingerprint density at radius 2 is 2.33 bits per heavy atom. The van der Waals surface area contributed by atoms with Crippen molar-refractivity contribution in [1.29, 1.82) is 0 Å². The highest BCUT2D eigenvalue weighted by Crippen LogP contribution is 2.12. The van der Waals surface area contributed by atoms with Gasteiger partial charge in [-0.3, -0.25) is 9.59 Å². The number of carbonyl (C=O) groups excluding carboxylic acids is 2. The van der Waals surface area contributed by atoms with Crippen molar-refractivity contribution < 1.29 is 14.3 Å². The number of hydrogen-bond acceptors (Lipinski definition) is 6. The van der Waals surface area contributed by atoms with E-state index in [0.717, 1.165) is 0 Å². The molecule has 8 heteroatoms. The minimum atomic E-state index is -0.329. The van der Waals surface area contributed by atoms with E-state index >= 15 is 0 Å². The number of nitrogen functional groups attached to an aromatic ring is 1. The van der Waals surface area contributed by atoms with Gasteiger partial charge in [0.15, 0.2) is 5.13 Å². The molecule has 1 aromatic heterocycles. The molecule has 0 spiro atoms. The Labute approximate surface area is 109 Å². The molecule has 0 atom stereocenters. The van der Waals surface area contributed by atoms with Crippen LogP contribution in [-0.2, 0) is 9.53 Å². The van der Waals surface area contributed by atoms with Crippen LogP contribution < -0.4 is 11.1 Å². The summed E-state index contributed by atoms with van der Waals surface area (Å²) in [5, 5.41) is 4.52. The molecule has 1 heterocycles. The molecule has 18 heavy (non-hydrogen) atoms. The first-order valence-electron chi connectivity index (χ1n) is 5.26. The number of methoxy groups -OCH3 is 1.